The number of nitrogens with two attached hydrogens (primary N) is 1. The van der Waals surface area contributed by atoms with Crippen LogP contribution in [0.4, 0.5) is 11.6 Å². The van der Waals surface area contributed by atoms with E-state index in [1.807, 2.05) is 24.5 Å². The molecule has 0 fully saturated rings. The molecule has 2 aromatic rings. The maximum atomic E-state index is 5.40. The number of aromatic nitrogens is 2. The van der Waals surface area contributed by atoms with Crippen molar-refractivity contribution >= 4 is 23.4 Å². The number of nitrogen functional groups attached to an aromatic ring is 1. The molecule has 21 heavy (non-hydrogen) atoms. The van der Waals surface area contributed by atoms with Crippen LogP contribution in [-0.4, -0.2) is 23.0 Å². The minimum absolute atomic E-state index is 0.279. The number of hydrogen-bond acceptors (Lipinski definition) is 8. The van der Waals surface area contributed by atoms with Gasteiger partial charge in [-0.05, 0) is 24.0 Å². The monoisotopic (exact) mass is 305 g/mol. The van der Waals surface area contributed by atoms with Gasteiger partial charge in [0.1, 0.15) is 11.6 Å². The fraction of sp³-hybridized carbons (Fsp3) is 0.231. The number of fused-ring (bicyclic) bond motifs is 1. The first-order chi connectivity index (χ1) is 10.3. The highest BCUT2D eigenvalue weighted by Crippen LogP contribution is 2.32. The van der Waals surface area contributed by atoms with Crippen molar-refractivity contribution in [2.75, 3.05) is 23.8 Å². The Morgan fingerprint density at radius 3 is 2.81 bits per heavy atom. The number of ether oxygens (including phenoxy) is 2. The molecule has 0 unspecified atom stereocenters. The van der Waals surface area contributed by atoms with Gasteiger partial charge in [0.2, 0.25) is 6.79 Å². The van der Waals surface area contributed by atoms with Crippen LogP contribution in [0, 0.1) is 0 Å². The molecule has 1 aromatic heterocycles. The Hall–Kier alpha value is -2.19. The van der Waals surface area contributed by atoms with Gasteiger partial charge in [0.05, 0.1) is 0 Å². The van der Waals surface area contributed by atoms with Crippen LogP contribution < -0.4 is 26.1 Å². The van der Waals surface area contributed by atoms with Gasteiger partial charge in [-0.25, -0.2) is 15.8 Å². The van der Waals surface area contributed by atoms with Crippen LogP contribution in [0.25, 0.3) is 0 Å². The van der Waals surface area contributed by atoms with E-state index in [1.54, 1.807) is 6.07 Å². The molecule has 1 aromatic carbocycles. The first-order valence-corrected chi connectivity index (χ1v) is 7.53. The van der Waals surface area contributed by atoms with E-state index in [9.17, 15) is 0 Å². The number of anilines is 2. The predicted molar refractivity (Wildman–Crippen MR) is 81.5 cm³/mol. The quantitative estimate of drug-likeness (QED) is 0.333. The van der Waals surface area contributed by atoms with Crippen LogP contribution >= 0.6 is 11.8 Å². The average Bonchev–Trinajstić information content (AvgIpc) is 3.00. The maximum Gasteiger partial charge on any atom is 0.231 e. The summed E-state index contributed by atoms with van der Waals surface area (Å²) in [4.78, 5) is 8.59. The number of hydrogen-bond donors (Lipinski definition) is 3. The zero-order chi connectivity index (χ0) is 14.7. The molecule has 1 aliphatic rings. The molecular weight excluding hydrogens is 290 g/mol. The Bertz CT molecular complexity index is 630. The Morgan fingerprint density at radius 2 is 2.00 bits per heavy atom. The summed E-state index contributed by atoms with van der Waals surface area (Å²) in [6, 6.07) is 7.60. The molecule has 0 saturated heterocycles. The van der Waals surface area contributed by atoms with Gasteiger partial charge >= 0.3 is 0 Å². The van der Waals surface area contributed by atoms with E-state index < -0.39 is 0 Å². The van der Waals surface area contributed by atoms with Crippen molar-refractivity contribution < 1.29 is 9.47 Å². The summed E-state index contributed by atoms with van der Waals surface area (Å²) in [5.74, 6) is 8.23. The zero-order valence-electron chi connectivity index (χ0n) is 11.4. The van der Waals surface area contributed by atoms with Gasteiger partial charge in [-0.1, -0.05) is 17.8 Å². The highest BCUT2D eigenvalue weighted by atomic mass is 32.2. The molecule has 7 nitrogen and oxygen atoms in total. The van der Waals surface area contributed by atoms with Crippen LogP contribution in [0.5, 0.6) is 11.5 Å². The lowest BCUT2D eigenvalue weighted by Gasteiger charge is -2.09. The second-order valence-electron chi connectivity index (χ2n) is 4.31. The average molecular weight is 305 g/mol. The highest BCUT2D eigenvalue weighted by molar-refractivity contribution is 7.98. The largest absolute Gasteiger partial charge is 0.454 e. The van der Waals surface area contributed by atoms with Crippen LogP contribution in [0.15, 0.2) is 29.4 Å². The van der Waals surface area contributed by atoms with Crippen molar-refractivity contribution in [3.05, 3.63) is 29.8 Å². The van der Waals surface area contributed by atoms with Gasteiger partial charge in [-0.15, -0.1) is 0 Å². The number of rotatable bonds is 5. The van der Waals surface area contributed by atoms with E-state index in [2.05, 4.69) is 20.7 Å². The van der Waals surface area contributed by atoms with Crippen LogP contribution in [0.3, 0.4) is 0 Å². The minimum atomic E-state index is 0.279. The molecule has 4 N–H and O–H groups in total. The first kappa shape index (κ1) is 13.8. The second-order valence-corrected chi connectivity index (χ2v) is 5.08. The highest BCUT2D eigenvalue weighted by Gasteiger charge is 2.13. The Kier molecular flexibility index (Phi) is 3.98. The van der Waals surface area contributed by atoms with E-state index >= 15 is 0 Å². The lowest BCUT2D eigenvalue weighted by molar-refractivity contribution is 0.174. The topological polar surface area (TPSA) is 94.3 Å². The molecule has 2 heterocycles. The number of nitrogens with zero attached hydrogens (tertiary/aromatic N) is 2. The van der Waals surface area contributed by atoms with Crippen molar-refractivity contribution in [2.45, 2.75) is 11.7 Å². The lowest BCUT2D eigenvalue weighted by Crippen LogP contribution is -2.11. The third kappa shape index (κ3) is 3.11. The third-order valence-electron chi connectivity index (χ3n) is 2.95. The summed E-state index contributed by atoms with van der Waals surface area (Å²) in [6.45, 7) is 0.895. The fourth-order valence-electron chi connectivity index (χ4n) is 1.92. The van der Waals surface area contributed by atoms with Gasteiger partial charge in [0.15, 0.2) is 16.7 Å². The Morgan fingerprint density at radius 1 is 1.19 bits per heavy atom. The van der Waals surface area contributed by atoms with Crippen molar-refractivity contribution in [1.82, 2.24) is 9.97 Å². The van der Waals surface area contributed by atoms with Crippen LogP contribution in [0.2, 0.25) is 0 Å². The summed E-state index contributed by atoms with van der Waals surface area (Å²) in [7, 11) is 0. The van der Waals surface area contributed by atoms with Crippen molar-refractivity contribution in [1.29, 1.82) is 0 Å². The van der Waals surface area contributed by atoms with Crippen molar-refractivity contribution in [3.63, 3.8) is 0 Å². The van der Waals surface area contributed by atoms with E-state index in [1.165, 1.54) is 11.8 Å². The molecule has 8 heteroatoms. The van der Waals surface area contributed by atoms with Crippen LogP contribution in [-0.2, 0) is 6.54 Å². The van der Waals surface area contributed by atoms with Gasteiger partial charge < -0.3 is 20.2 Å². The van der Waals surface area contributed by atoms with Gasteiger partial charge in [0, 0.05) is 12.6 Å². The Balaban J connectivity index is 1.72. The summed E-state index contributed by atoms with van der Waals surface area (Å²) in [6.07, 6.45) is 1.91. The molecule has 0 amide bonds. The smallest absolute Gasteiger partial charge is 0.231 e. The number of nitrogens with one attached hydrogen (secondary N) is 2. The van der Waals surface area contributed by atoms with Gasteiger partial charge in [-0.2, -0.15) is 0 Å². The van der Waals surface area contributed by atoms with E-state index in [4.69, 9.17) is 15.3 Å². The van der Waals surface area contributed by atoms with Crippen molar-refractivity contribution in [2.24, 2.45) is 5.84 Å². The third-order valence-corrected chi connectivity index (χ3v) is 3.49. The van der Waals surface area contributed by atoms with E-state index in [-0.39, 0.29) is 6.79 Å². The van der Waals surface area contributed by atoms with E-state index in [0.717, 1.165) is 17.1 Å². The first-order valence-electron chi connectivity index (χ1n) is 6.30. The van der Waals surface area contributed by atoms with Gasteiger partial charge in [0.25, 0.3) is 0 Å². The molecule has 110 valence electrons. The predicted octanol–water partition coefficient (Wildman–Crippen LogP) is 1.82. The molecule has 0 radical (unpaired) electrons. The molecule has 3 rings (SSSR count). The minimum Gasteiger partial charge on any atom is -0.454 e. The number of hydrazine groups is 1. The maximum absolute atomic E-state index is 5.40. The van der Waals surface area contributed by atoms with Crippen molar-refractivity contribution in [3.8, 4) is 11.5 Å². The van der Waals surface area contributed by atoms with E-state index in [0.29, 0.717) is 23.3 Å². The molecule has 0 atom stereocenters. The lowest BCUT2D eigenvalue weighted by atomic mass is 10.2. The number of benzene rings is 1. The molecular formula is C13H15N5O2S. The van der Waals surface area contributed by atoms with Gasteiger partial charge in [-0.3, -0.25) is 0 Å². The second kappa shape index (κ2) is 6.06. The summed E-state index contributed by atoms with van der Waals surface area (Å²) < 4.78 is 10.6. The fourth-order valence-corrected chi connectivity index (χ4v) is 2.30. The molecule has 0 bridgehead atoms. The molecule has 0 aliphatic carbocycles. The zero-order valence-corrected chi connectivity index (χ0v) is 12.2. The SMILES string of the molecule is CSc1nc(NN)cc(NCc2ccc3c(c2)OCO3)n1. The summed E-state index contributed by atoms with van der Waals surface area (Å²) in [5.41, 5.74) is 3.61. The summed E-state index contributed by atoms with van der Waals surface area (Å²) in [5, 5.41) is 3.90. The molecule has 1 aliphatic heterocycles. The number of thioether (sulfide) groups is 1. The molecule has 0 spiro atoms. The standard InChI is InChI=1S/C13H15N5O2S/c1-21-13-16-11(5-12(17-13)18-14)15-6-8-2-3-9-10(4-8)20-7-19-9/h2-5H,6-7,14H2,1H3,(H2,15,16,17,18). The normalized spacial score (nSPS) is 12.3. The summed E-state index contributed by atoms with van der Waals surface area (Å²) >= 11 is 1.46. The molecule has 0 saturated carbocycles. The van der Waals surface area contributed by atoms with Crippen LogP contribution in [0.1, 0.15) is 5.56 Å². The Labute approximate surface area is 126 Å².